The lowest BCUT2D eigenvalue weighted by Crippen LogP contribution is -2.27. The van der Waals surface area contributed by atoms with E-state index >= 15 is 0 Å². The summed E-state index contributed by atoms with van der Waals surface area (Å²) >= 11 is 0. The van der Waals surface area contributed by atoms with E-state index < -0.39 is 0 Å². The van der Waals surface area contributed by atoms with E-state index in [1.54, 1.807) is 12.4 Å². The molecule has 8 nitrogen and oxygen atoms in total. The number of nitrogens with one attached hydrogen (secondary N) is 1. The number of rotatable bonds is 13. The summed E-state index contributed by atoms with van der Waals surface area (Å²) in [6.45, 7) is 3.81. The van der Waals surface area contributed by atoms with E-state index in [9.17, 15) is 0 Å². The summed E-state index contributed by atoms with van der Waals surface area (Å²) in [5, 5.41) is 8.58. The van der Waals surface area contributed by atoms with Crippen molar-refractivity contribution in [1.82, 2.24) is 30.0 Å². The Morgan fingerprint density at radius 3 is 2.83 bits per heavy atom. The number of likely N-dealkylation sites (N-methyl/N-ethyl adjacent to an activating group) is 2. The van der Waals surface area contributed by atoms with E-state index in [1.165, 1.54) is 0 Å². The monoisotopic (exact) mass is 508 g/mol. The summed E-state index contributed by atoms with van der Waals surface area (Å²) in [4.78, 5) is 11.6. The Bertz CT molecular complexity index is 1300. The molecule has 1 atom stereocenters. The van der Waals surface area contributed by atoms with Crippen molar-refractivity contribution in [3.63, 3.8) is 0 Å². The number of hydrogen-bond donors (Lipinski definition) is 1. The molecule has 0 radical (unpaired) electrons. The van der Waals surface area contributed by atoms with Crippen molar-refractivity contribution in [2.45, 2.75) is 13.3 Å². The van der Waals surface area contributed by atoms with Crippen molar-refractivity contribution in [2.75, 3.05) is 45.8 Å². The van der Waals surface area contributed by atoms with Crippen LogP contribution in [0, 0.1) is 0 Å². The van der Waals surface area contributed by atoms with Crippen LogP contribution in [0.3, 0.4) is 0 Å². The lowest BCUT2D eigenvalue weighted by molar-refractivity contribution is 0.0824. The first-order valence-corrected chi connectivity index (χ1v) is 13.9. The third kappa shape index (κ3) is 7.20. The van der Waals surface area contributed by atoms with Gasteiger partial charge in [-0.25, -0.2) is 9.67 Å². The Morgan fingerprint density at radius 1 is 1.17 bits per heavy atom. The minimum atomic E-state index is 0. The van der Waals surface area contributed by atoms with Gasteiger partial charge in [-0.3, -0.25) is 9.88 Å². The topological polar surface area (TPSA) is 77.3 Å². The van der Waals surface area contributed by atoms with Crippen LogP contribution in [0.25, 0.3) is 22.2 Å². The molecule has 192 valence electrons. The minimum absolute atomic E-state index is 0. The van der Waals surface area contributed by atoms with E-state index in [1.807, 2.05) is 48.1 Å². The highest BCUT2D eigenvalue weighted by Gasteiger charge is 2.09. The van der Waals surface area contributed by atoms with Crippen LogP contribution in [-0.2, 0) is 18.0 Å². The molecule has 0 bridgehead atoms. The van der Waals surface area contributed by atoms with Gasteiger partial charge in [-0.1, -0.05) is 11.9 Å². The summed E-state index contributed by atoms with van der Waals surface area (Å²) in [6, 6.07) is 15.9. The van der Waals surface area contributed by atoms with Crippen LogP contribution < -0.4 is 10.1 Å². The molecular weight excluding hydrogens is 472 g/mol. The van der Waals surface area contributed by atoms with Crippen LogP contribution in [0.5, 0.6) is 11.6 Å². The highest BCUT2D eigenvalue weighted by Crippen LogP contribution is 2.26. The van der Waals surface area contributed by atoms with Crippen molar-refractivity contribution < 1.29 is 10.9 Å². The van der Waals surface area contributed by atoms with Gasteiger partial charge in [0.2, 0.25) is 5.88 Å². The number of hydrogen-bond acceptors (Lipinski definition) is 7. The minimum Gasteiger partial charge on any atom is -0.439 e. The molecule has 0 saturated heterocycles. The van der Waals surface area contributed by atoms with Crippen molar-refractivity contribution in [2.24, 2.45) is 0 Å². The fraction of sp³-hybridized carbons (Fsp3) is 0.333. The van der Waals surface area contributed by atoms with E-state index in [2.05, 4.69) is 51.6 Å². The molecule has 0 aliphatic heterocycles. The lowest BCUT2D eigenvalue weighted by atomic mass is 10.2. The number of benzene rings is 1. The van der Waals surface area contributed by atoms with Crippen LogP contribution in [-0.4, -0.2) is 76.3 Å². The SMILES string of the molecule is C=[S@@](C)CCOCn1nccc1-c1ccc(Oc2ccc3nc(CN(C)CCNC)ccc3c2)nc1.[HH]. The number of fused-ring (bicyclic) bond motifs is 1. The van der Waals surface area contributed by atoms with Gasteiger partial charge in [0.05, 0.1) is 23.5 Å². The molecule has 1 N–H and O–H groups in total. The molecule has 1 aromatic carbocycles. The average molecular weight is 509 g/mol. The molecule has 4 rings (SSSR count). The third-order valence-corrected chi connectivity index (χ3v) is 6.52. The zero-order chi connectivity index (χ0) is 25.3. The van der Waals surface area contributed by atoms with Crippen LogP contribution in [0.2, 0.25) is 0 Å². The standard InChI is InChI=1S/C27H34N6O2S.H2/c1-28-13-14-32(2)19-23-7-5-21-17-24(8-9-25(21)31-23)35-27-10-6-22(18-29-27)26-11-12-30-33(26)20-34-15-16-36(3)4;/h5-12,17-18,28H,3,13-16,19-20H2,1-2,4H3;1H/t36-;/m0./s1. The molecule has 0 aliphatic carbocycles. The summed E-state index contributed by atoms with van der Waals surface area (Å²) in [5.74, 6) is 6.21. The first kappa shape index (κ1) is 26.0. The first-order valence-electron chi connectivity index (χ1n) is 11.9. The first-order chi connectivity index (χ1) is 17.5. The van der Waals surface area contributed by atoms with Crippen molar-refractivity contribution in [3.8, 4) is 22.9 Å². The Kier molecular flexibility index (Phi) is 9.18. The summed E-state index contributed by atoms with van der Waals surface area (Å²) in [6.07, 6.45) is 5.67. The average Bonchev–Trinajstić information content (AvgIpc) is 3.34. The summed E-state index contributed by atoms with van der Waals surface area (Å²) in [5.41, 5.74) is 3.90. The maximum absolute atomic E-state index is 6.02. The zero-order valence-corrected chi connectivity index (χ0v) is 22.0. The number of nitrogens with zero attached hydrogens (tertiary/aromatic N) is 5. The Labute approximate surface area is 216 Å². The van der Waals surface area contributed by atoms with Crippen LogP contribution >= 0.6 is 10.5 Å². The summed E-state index contributed by atoms with van der Waals surface area (Å²) in [7, 11) is 4.19. The van der Waals surface area contributed by atoms with E-state index in [0.717, 1.165) is 59.0 Å². The van der Waals surface area contributed by atoms with Gasteiger partial charge in [0.25, 0.3) is 0 Å². The van der Waals surface area contributed by atoms with Crippen LogP contribution in [0.4, 0.5) is 0 Å². The predicted molar refractivity (Wildman–Crippen MR) is 151 cm³/mol. The fourth-order valence-electron chi connectivity index (χ4n) is 3.70. The number of pyridine rings is 2. The molecule has 0 aliphatic rings. The molecule has 0 saturated carbocycles. The maximum atomic E-state index is 6.02. The van der Waals surface area contributed by atoms with Crippen molar-refractivity contribution in [1.29, 1.82) is 0 Å². The largest absolute Gasteiger partial charge is 0.439 e. The molecule has 0 fully saturated rings. The van der Waals surface area contributed by atoms with E-state index in [0.29, 0.717) is 19.2 Å². The molecule has 0 spiro atoms. The van der Waals surface area contributed by atoms with Crippen molar-refractivity contribution >= 4 is 27.3 Å². The van der Waals surface area contributed by atoms with Gasteiger partial charge in [0, 0.05) is 56.2 Å². The lowest BCUT2D eigenvalue weighted by Gasteiger charge is -2.16. The van der Waals surface area contributed by atoms with E-state index in [-0.39, 0.29) is 11.9 Å². The second-order valence-electron chi connectivity index (χ2n) is 8.72. The van der Waals surface area contributed by atoms with E-state index in [4.69, 9.17) is 14.5 Å². The van der Waals surface area contributed by atoms with Gasteiger partial charge in [0.15, 0.2) is 0 Å². The number of aromatic nitrogens is 4. The maximum Gasteiger partial charge on any atom is 0.219 e. The molecular formula is C27H36N6O2S. The predicted octanol–water partition coefficient (Wildman–Crippen LogP) is 4.49. The molecule has 3 aromatic heterocycles. The van der Waals surface area contributed by atoms with Crippen LogP contribution in [0.15, 0.2) is 60.9 Å². The molecule has 0 unspecified atom stereocenters. The van der Waals surface area contributed by atoms with Gasteiger partial charge in [0.1, 0.15) is 12.5 Å². The molecule has 9 heteroatoms. The second kappa shape index (κ2) is 12.7. The summed E-state index contributed by atoms with van der Waals surface area (Å²) < 4.78 is 13.6. The van der Waals surface area contributed by atoms with Crippen LogP contribution in [0.1, 0.15) is 7.12 Å². The normalized spacial score (nSPS) is 12.3. The Balaban J connectivity index is 0.00000380. The highest BCUT2D eigenvalue weighted by molar-refractivity contribution is 8.13. The van der Waals surface area contributed by atoms with Gasteiger partial charge in [-0.05, 0) is 56.7 Å². The fourth-order valence-corrected chi connectivity index (χ4v) is 4.10. The van der Waals surface area contributed by atoms with Gasteiger partial charge < -0.3 is 14.8 Å². The number of ether oxygens (including phenoxy) is 2. The smallest absolute Gasteiger partial charge is 0.219 e. The molecule has 3 heterocycles. The van der Waals surface area contributed by atoms with Gasteiger partial charge in [-0.15, -0.1) is 0 Å². The Hall–Kier alpha value is -3.11. The van der Waals surface area contributed by atoms with Crippen molar-refractivity contribution in [3.05, 3.63) is 66.6 Å². The van der Waals surface area contributed by atoms with Gasteiger partial charge >= 0.3 is 0 Å². The molecule has 36 heavy (non-hydrogen) atoms. The Morgan fingerprint density at radius 2 is 2.06 bits per heavy atom. The second-order valence-corrected chi connectivity index (χ2v) is 10.7. The third-order valence-electron chi connectivity index (χ3n) is 5.65. The quantitative estimate of drug-likeness (QED) is 0.211. The molecule has 4 aromatic rings. The molecule has 0 amide bonds. The zero-order valence-electron chi connectivity index (χ0n) is 21.2. The van der Waals surface area contributed by atoms with Gasteiger partial charge in [-0.2, -0.15) is 15.6 Å². The highest BCUT2D eigenvalue weighted by atomic mass is 32.2.